The largest absolute Gasteiger partial charge is 0.378 e. The van der Waals surface area contributed by atoms with Gasteiger partial charge in [0.05, 0.1) is 0 Å². The molecule has 0 unspecified atom stereocenters. The van der Waals surface area contributed by atoms with Crippen LogP contribution in [0.3, 0.4) is 0 Å². The van der Waals surface area contributed by atoms with Crippen molar-refractivity contribution in [3.05, 3.63) is 24.3 Å². The van der Waals surface area contributed by atoms with E-state index in [0.29, 0.717) is 9.86 Å². The van der Waals surface area contributed by atoms with Crippen LogP contribution in [0.15, 0.2) is 24.3 Å². The van der Waals surface area contributed by atoms with Gasteiger partial charge in [-0.2, -0.15) is 11.8 Å². The first-order chi connectivity index (χ1) is 9.28. The summed E-state index contributed by atoms with van der Waals surface area (Å²) in [5.74, 6) is 1.05. The highest BCUT2D eigenvalue weighted by Crippen LogP contribution is 2.22. The second-order valence-electron chi connectivity index (χ2n) is 5.78. The predicted octanol–water partition coefficient (Wildman–Crippen LogP) is 3.57. The maximum absolute atomic E-state index is 5.29. The molecule has 0 fully saturated rings. The summed E-state index contributed by atoms with van der Waals surface area (Å²) in [4.78, 5) is 2.07. The molecule has 0 aromatic heterocycles. The van der Waals surface area contributed by atoms with Gasteiger partial charge in [-0.15, -0.1) is 0 Å². The van der Waals surface area contributed by atoms with Gasteiger partial charge in [0, 0.05) is 42.5 Å². The van der Waals surface area contributed by atoms with Crippen LogP contribution >= 0.6 is 24.0 Å². The van der Waals surface area contributed by atoms with E-state index in [9.17, 15) is 0 Å². The highest BCUT2D eigenvalue weighted by Gasteiger charge is 2.09. The second kappa shape index (κ2) is 7.74. The number of thiocarbonyl (C=S) groups is 1. The van der Waals surface area contributed by atoms with Crippen molar-refractivity contribution in [1.82, 2.24) is 5.32 Å². The third kappa shape index (κ3) is 7.01. The number of anilines is 2. The maximum atomic E-state index is 5.29. The Balaban J connectivity index is 2.32. The van der Waals surface area contributed by atoms with Crippen molar-refractivity contribution < 1.29 is 0 Å². The van der Waals surface area contributed by atoms with Gasteiger partial charge in [-0.1, -0.05) is 20.8 Å². The Morgan fingerprint density at radius 3 is 2.30 bits per heavy atom. The van der Waals surface area contributed by atoms with Gasteiger partial charge >= 0.3 is 0 Å². The average Bonchev–Trinajstić information content (AvgIpc) is 2.34. The Labute approximate surface area is 132 Å². The molecule has 1 rings (SSSR count). The SMILES string of the molecule is CN(C)c1ccc(NC(=S)NCCSC(C)(C)C)cc1. The smallest absolute Gasteiger partial charge is 0.170 e. The first-order valence-corrected chi connectivity index (χ1v) is 8.13. The Bertz CT molecular complexity index is 422. The summed E-state index contributed by atoms with van der Waals surface area (Å²) in [6, 6.07) is 8.21. The topological polar surface area (TPSA) is 27.3 Å². The minimum atomic E-state index is 0.304. The molecular formula is C15H25N3S2. The molecule has 1 aromatic carbocycles. The summed E-state index contributed by atoms with van der Waals surface area (Å²) in [6.07, 6.45) is 0. The molecule has 0 aliphatic carbocycles. The van der Waals surface area contributed by atoms with Crippen LogP contribution in [0.4, 0.5) is 11.4 Å². The quantitative estimate of drug-likeness (QED) is 0.640. The van der Waals surface area contributed by atoms with Crippen LogP contribution in [0.5, 0.6) is 0 Å². The fourth-order valence-electron chi connectivity index (χ4n) is 1.54. The summed E-state index contributed by atoms with van der Waals surface area (Å²) in [7, 11) is 4.06. The number of hydrogen-bond acceptors (Lipinski definition) is 3. The van der Waals surface area contributed by atoms with E-state index in [1.54, 1.807) is 0 Å². The van der Waals surface area contributed by atoms with Crippen molar-refractivity contribution in [2.24, 2.45) is 0 Å². The third-order valence-corrected chi connectivity index (χ3v) is 4.08. The molecule has 0 radical (unpaired) electrons. The summed E-state index contributed by atoms with van der Waals surface area (Å²) >= 11 is 7.22. The van der Waals surface area contributed by atoms with Crippen molar-refractivity contribution in [3.8, 4) is 0 Å². The van der Waals surface area contributed by atoms with Crippen molar-refractivity contribution in [2.75, 3.05) is 36.6 Å². The molecule has 20 heavy (non-hydrogen) atoms. The number of nitrogens with one attached hydrogen (secondary N) is 2. The van der Waals surface area contributed by atoms with Crippen molar-refractivity contribution in [2.45, 2.75) is 25.5 Å². The monoisotopic (exact) mass is 311 g/mol. The van der Waals surface area contributed by atoms with Gasteiger partial charge in [0.15, 0.2) is 5.11 Å². The van der Waals surface area contributed by atoms with E-state index in [1.807, 2.05) is 38.0 Å². The van der Waals surface area contributed by atoms with E-state index in [1.165, 1.54) is 5.69 Å². The Kier molecular flexibility index (Phi) is 6.62. The molecule has 0 aliphatic heterocycles. The van der Waals surface area contributed by atoms with E-state index in [-0.39, 0.29) is 0 Å². The molecule has 0 spiro atoms. The van der Waals surface area contributed by atoms with Gasteiger partial charge in [-0.25, -0.2) is 0 Å². The number of rotatable bonds is 5. The maximum Gasteiger partial charge on any atom is 0.170 e. The fraction of sp³-hybridized carbons (Fsp3) is 0.533. The number of thioether (sulfide) groups is 1. The Morgan fingerprint density at radius 2 is 1.80 bits per heavy atom. The lowest BCUT2D eigenvalue weighted by Gasteiger charge is -2.18. The molecule has 0 saturated heterocycles. The van der Waals surface area contributed by atoms with Crippen LogP contribution in [-0.2, 0) is 0 Å². The van der Waals surface area contributed by atoms with E-state index in [0.717, 1.165) is 18.0 Å². The molecule has 3 nitrogen and oxygen atoms in total. The molecule has 2 N–H and O–H groups in total. The minimum absolute atomic E-state index is 0.304. The molecule has 1 aromatic rings. The minimum Gasteiger partial charge on any atom is -0.378 e. The number of nitrogens with zero attached hydrogens (tertiary/aromatic N) is 1. The molecule has 0 saturated carbocycles. The van der Waals surface area contributed by atoms with Gasteiger partial charge < -0.3 is 15.5 Å². The van der Waals surface area contributed by atoms with E-state index >= 15 is 0 Å². The van der Waals surface area contributed by atoms with Gasteiger partial charge in [0.2, 0.25) is 0 Å². The van der Waals surface area contributed by atoms with Crippen molar-refractivity contribution >= 4 is 40.5 Å². The van der Waals surface area contributed by atoms with E-state index in [4.69, 9.17) is 12.2 Å². The summed E-state index contributed by atoms with van der Waals surface area (Å²) in [5.41, 5.74) is 2.19. The number of benzene rings is 1. The van der Waals surface area contributed by atoms with Crippen LogP contribution in [0, 0.1) is 0 Å². The van der Waals surface area contributed by atoms with E-state index < -0.39 is 0 Å². The molecule has 0 amide bonds. The summed E-state index contributed by atoms with van der Waals surface area (Å²) in [5, 5.41) is 7.11. The molecule has 0 atom stereocenters. The van der Waals surface area contributed by atoms with E-state index in [2.05, 4.69) is 48.4 Å². The lowest BCUT2D eigenvalue weighted by Crippen LogP contribution is -2.30. The zero-order valence-corrected chi connectivity index (χ0v) is 14.6. The number of hydrogen-bond donors (Lipinski definition) is 2. The lowest BCUT2D eigenvalue weighted by molar-refractivity contribution is 0.800. The van der Waals surface area contributed by atoms with Crippen LogP contribution in [0.1, 0.15) is 20.8 Å². The summed E-state index contributed by atoms with van der Waals surface area (Å²) in [6.45, 7) is 7.55. The standard InChI is InChI=1S/C15H25N3S2/c1-15(2,3)20-11-10-16-14(19)17-12-6-8-13(9-7-12)18(4)5/h6-9H,10-11H2,1-5H3,(H2,16,17,19). The van der Waals surface area contributed by atoms with Gasteiger partial charge in [-0.05, 0) is 36.5 Å². The third-order valence-electron chi connectivity index (χ3n) is 2.56. The Morgan fingerprint density at radius 1 is 1.20 bits per heavy atom. The normalized spacial score (nSPS) is 11.1. The molecule has 0 bridgehead atoms. The molecular weight excluding hydrogens is 286 g/mol. The first-order valence-electron chi connectivity index (χ1n) is 6.74. The van der Waals surface area contributed by atoms with Crippen LogP contribution in [0.25, 0.3) is 0 Å². The zero-order chi connectivity index (χ0) is 15.2. The predicted molar refractivity (Wildman–Crippen MR) is 97.2 cm³/mol. The van der Waals surface area contributed by atoms with Crippen LogP contribution in [0.2, 0.25) is 0 Å². The molecule has 0 aliphatic rings. The molecule has 0 heterocycles. The van der Waals surface area contributed by atoms with Crippen LogP contribution < -0.4 is 15.5 Å². The van der Waals surface area contributed by atoms with Gasteiger partial charge in [0.1, 0.15) is 0 Å². The second-order valence-corrected chi connectivity index (χ2v) is 8.11. The fourth-order valence-corrected chi connectivity index (χ4v) is 2.58. The van der Waals surface area contributed by atoms with Gasteiger partial charge in [0.25, 0.3) is 0 Å². The molecule has 5 heteroatoms. The zero-order valence-electron chi connectivity index (χ0n) is 13.0. The lowest BCUT2D eigenvalue weighted by atomic mass is 10.2. The highest BCUT2D eigenvalue weighted by molar-refractivity contribution is 8.00. The highest BCUT2D eigenvalue weighted by atomic mass is 32.2. The average molecular weight is 312 g/mol. The Hall–Kier alpha value is -0.940. The first kappa shape index (κ1) is 17.1. The van der Waals surface area contributed by atoms with Crippen molar-refractivity contribution in [1.29, 1.82) is 0 Å². The van der Waals surface area contributed by atoms with Gasteiger partial charge in [-0.3, -0.25) is 0 Å². The van der Waals surface area contributed by atoms with Crippen LogP contribution in [-0.4, -0.2) is 36.3 Å². The molecule has 112 valence electrons. The van der Waals surface area contributed by atoms with Crippen molar-refractivity contribution in [3.63, 3.8) is 0 Å². The summed E-state index contributed by atoms with van der Waals surface area (Å²) < 4.78 is 0.304.